The van der Waals surface area contributed by atoms with Crippen LogP contribution >= 0.6 is 0 Å². The van der Waals surface area contributed by atoms with Crippen LogP contribution in [-0.2, 0) is 29.1 Å². The summed E-state index contributed by atoms with van der Waals surface area (Å²) >= 11 is 0. The Morgan fingerprint density at radius 2 is 1.68 bits per heavy atom. The summed E-state index contributed by atoms with van der Waals surface area (Å²) in [6.45, 7) is 3.91. The average Bonchev–Trinajstić information content (AvgIpc) is 2.60. The molecule has 28 heavy (non-hydrogen) atoms. The van der Waals surface area contributed by atoms with E-state index >= 15 is 0 Å². The molecule has 0 saturated heterocycles. The molecule has 0 unspecified atom stereocenters. The average molecular weight is 421 g/mol. The van der Waals surface area contributed by atoms with E-state index in [1.165, 1.54) is 39.0 Å². The number of alkyl halides is 3. The second-order valence-electron chi connectivity index (χ2n) is 5.68. The molecule has 0 fully saturated rings. The molecule has 1 atom stereocenters. The molecule has 1 aromatic carbocycles. The van der Waals surface area contributed by atoms with Gasteiger partial charge in [0.2, 0.25) is 0 Å². The van der Waals surface area contributed by atoms with E-state index in [2.05, 4.69) is 0 Å². The van der Waals surface area contributed by atoms with E-state index < -0.39 is 39.1 Å². The summed E-state index contributed by atoms with van der Waals surface area (Å²) in [6.07, 6.45) is 0. The number of ether oxygens (including phenoxy) is 2. The van der Waals surface area contributed by atoms with Gasteiger partial charge in [-0.1, -0.05) is 18.2 Å². The van der Waals surface area contributed by atoms with Crippen LogP contribution in [0.15, 0.2) is 29.8 Å². The molecule has 0 radical (unpaired) electrons. The van der Waals surface area contributed by atoms with Crippen molar-refractivity contribution in [3.05, 3.63) is 35.4 Å². The van der Waals surface area contributed by atoms with E-state index in [1.54, 1.807) is 0 Å². The second kappa shape index (κ2) is 7.82. The summed E-state index contributed by atoms with van der Waals surface area (Å²) in [5, 5.41) is 0. The molecule has 0 saturated carbocycles. The van der Waals surface area contributed by atoms with Crippen molar-refractivity contribution in [1.29, 1.82) is 0 Å². The number of sulfonamides is 1. The van der Waals surface area contributed by atoms with E-state index in [0.717, 1.165) is 6.07 Å². The van der Waals surface area contributed by atoms with Crippen LogP contribution in [0.1, 0.15) is 26.3 Å². The highest BCUT2D eigenvalue weighted by Crippen LogP contribution is 2.43. The number of hydrogen-bond acceptors (Lipinski definition) is 6. The summed E-state index contributed by atoms with van der Waals surface area (Å²) in [6, 6.07) is 3.09. The number of benzene rings is 1. The minimum absolute atomic E-state index is 0.0546. The van der Waals surface area contributed by atoms with Crippen LogP contribution in [0.25, 0.3) is 5.57 Å². The van der Waals surface area contributed by atoms with Crippen molar-refractivity contribution in [2.45, 2.75) is 32.3 Å². The van der Waals surface area contributed by atoms with Gasteiger partial charge in [0.25, 0.3) is 0 Å². The van der Waals surface area contributed by atoms with Crippen molar-refractivity contribution >= 4 is 33.2 Å². The zero-order valence-electron chi connectivity index (χ0n) is 15.2. The van der Waals surface area contributed by atoms with E-state index in [0.29, 0.717) is 0 Å². The first-order chi connectivity index (χ1) is 13.0. The third-order valence-electron chi connectivity index (χ3n) is 4.01. The lowest BCUT2D eigenvalue weighted by atomic mass is 9.90. The highest BCUT2D eigenvalue weighted by molar-refractivity contribution is 7.93. The number of fused-ring (bicyclic) bond motifs is 1. The molecular weight excluding hydrogens is 403 g/mol. The van der Waals surface area contributed by atoms with Gasteiger partial charge in [-0.2, -0.15) is 21.6 Å². The van der Waals surface area contributed by atoms with Crippen LogP contribution in [0.5, 0.6) is 0 Å². The first-order valence-electron chi connectivity index (χ1n) is 8.23. The van der Waals surface area contributed by atoms with Crippen LogP contribution in [0, 0.1) is 0 Å². The van der Waals surface area contributed by atoms with Gasteiger partial charge >= 0.3 is 27.5 Å². The molecule has 0 N–H and O–H groups in total. The molecule has 1 aliphatic rings. The number of anilines is 1. The smallest absolute Gasteiger partial charge is 0.464 e. The van der Waals surface area contributed by atoms with Crippen LogP contribution in [0.3, 0.4) is 0 Å². The Labute approximate surface area is 159 Å². The molecule has 2 rings (SSSR count). The van der Waals surface area contributed by atoms with Crippen molar-refractivity contribution < 1.29 is 40.7 Å². The first kappa shape index (κ1) is 21.7. The van der Waals surface area contributed by atoms with Gasteiger partial charge in [-0.25, -0.2) is 13.9 Å². The minimum atomic E-state index is -6.04. The summed E-state index contributed by atoms with van der Waals surface area (Å²) in [7, 11) is -6.04. The molecule has 154 valence electrons. The molecule has 1 heterocycles. The van der Waals surface area contributed by atoms with Crippen molar-refractivity contribution in [3.8, 4) is 0 Å². The zero-order valence-corrected chi connectivity index (χ0v) is 16.1. The monoisotopic (exact) mass is 421 g/mol. The summed E-state index contributed by atoms with van der Waals surface area (Å²) in [4.78, 5) is 25.0. The predicted molar refractivity (Wildman–Crippen MR) is 93.5 cm³/mol. The number of rotatable bonds is 5. The SMILES string of the molecule is CCOC(=O)C1=C(C)c2ccccc2N(S(=O)(=O)C(F)(F)F)[C@H]1C(=O)OCC. The Balaban J connectivity index is 2.88. The fourth-order valence-electron chi connectivity index (χ4n) is 2.88. The predicted octanol–water partition coefficient (Wildman–Crippen LogP) is 2.62. The number of esters is 2. The van der Waals surface area contributed by atoms with E-state index in [9.17, 15) is 31.2 Å². The molecule has 7 nitrogen and oxygen atoms in total. The lowest BCUT2D eigenvalue weighted by Gasteiger charge is -2.37. The fourth-order valence-corrected chi connectivity index (χ4v) is 3.99. The molecule has 0 spiro atoms. The molecule has 0 aromatic heterocycles. The topological polar surface area (TPSA) is 90.0 Å². The molecule has 0 amide bonds. The molecule has 1 aliphatic heterocycles. The Morgan fingerprint density at radius 1 is 1.11 bits per heavy atom. The third kappa shape index (κ3) is 3.58. The molecule has 0 bridgehead atoms. The standard InChI is InChI=1S/C17H18F3NO6S/c1-4-26-15(22)13-10(3)11-8-6-7-9-12(11)21(14(13)16(23)27-5-2)28(24,25)17(18,19)20/h6-9,14H,4-5H2,1-3H3/t14-/m1/s1. The normalized spacial score (nSPS) is 17.2. The van der Waals surface area contributed by atoms with Crippen molar-refractivity contribution in [3.63, 3.8) is 0 Å². The van der Waals surface area contributed by atoms with Crippen molar-refractivity contribution in [2.75, 3.05) is 17.5 Å². The maximum absolute atomic E-state index is 13.4. The number of para-hydroxylation sites is 1. The van der Waals surface area contributed by atoms with Crippen molar-refractivity contribution in [2.24, 2.45) is 0 Å². The lowest BCUT2D eigenvalue weighted by molar-refractivity contribution is -0.147. The number of allylic oxidation sites excluding steroid dienone is 1. The first-order valence-corrected chi connectivity index (χ1v) is 9.67. The second-order valence-corrected chi connectivity index (χ2v) is 7.48. The van der Waals surface area contributed by atoms with E-state index in [1.807, 2.05) is 0 Å². The van der Waals surface area contributed by atoms with Gasteiger partial charge in [-0.05, 0) is 32.4 Å². The largest absolute Gasteiger partial charge is 0.516 e. The summed E-state index contributed by atoms with van der Waals surface area (Å²) in [5.41, 5.74) is -6.44. The Bertz CT molecular complexity index is 923. The van der Waals surface area contributed by atoms with E-state index in [4.69, 9.17) is 9.47 Å². The summed E-state index contributed by atoms with van der Waals surface area (Å²) in [5.74, 6) is -2.41. The molecular formula is C17H18F3NO6S. The maximum atomic E-state index is 13.4. The van der Waals surface area contributed by atoms with Gasteiger partial charge in [0, 0.05) is 5.56 Å². The number of halogens is 3. The highest BCUT2D eigenvalue weighted by Gasteiger charge is 2.57. The van der Waals surface area contributed by atoms with Crippen LogP contribution in [0.4, 0.5) is 18.9 Å². The molecule has 1 aromatic rings. The van der Waals surface area contributed by atoms with E-state index in [-0.39, 0.29) is 34.3 Å². The van der Waals surface area contributed by atoms with Gasteiger partial charge in [-0.15, -0.1) is 0 Å². The lowest BCUT2D eigenvalue weighted by Crippen LogP contribution is -2.54. The van der Waals surface area contributed by atoms with Gasteiger partial charge in [0.05, 0.1) is 24.5 Å². The van der Waals surface area contributed by atoms with Crippen LogP contribution < -0.4 is 4.31 Å². The van der Waals surface area contributed by atoms with Crippen LogP contribution in [0.2, 0.25) is 0 Å². The Hall–Kier alpha value is -2.56. The Morgan fingerprint density at radius 3 is 2.21 bits per heavy atom. The molecule has 0 aliphatic carbocycles. The zero-order chi connectivity index (χ0) is 21.3. The quantitative estimate of drug-likeness (QED) is 0.679. The number of carbonyl (C=O) groups excluding carboxylic acids is 2. The van der Waals surface area contributed by atoms with Gasteiger partial charge < -0.3 is 9.47 Å². The third-order valence-corrected chi connectivity index (χ3v) is 5.52. The number of carbonyl (C=O) groups is 2. The fraction of sp³-hybridized carbons (Fsp3) is 0.412. The molecule has 11 heteroatoms. The van der Waals surface area contributed by atoms with Gasteiger partial charge in [0.1, 0.15) is 0 Å². The van der Waals surface area contributed by atoms with Crippen LogP contribution in [-0.4, -0.2) is 45.1 Å². The Kier molecular flexibility index (Phi) is 6.07. The van der Waals surface area contributed by atoms with Crippen molar-refractivity contribution in [1.82, 2.24) is 0 Å². The minimum Gasteiger partial charge on any atom is -0.464 e. The summed E-state index contributed by atoms with van der Waals surface area (Å²) < 4.78 is 74.4. The van der Waals surface area contributed by atoms with Gasteiger partial charge in [0.15, 0.2) is 6.04 Å². The number of hydrogen-bond donors (Lipinski definition) is 0. The maximum Gasteiger partial charge on any atom is 0.516 e. The van der Waals surface area contributed by atoms with Gasteiger partial charge in [-0.3, -0.25) is 0 Å². The highest BCUT2D eigenvalue weighted by atomic mass is 32.2. The number of nitrogens with zero attached hydrogens (tertiary/aromatic N) is 1.